The number of thioether (sulfide) groups is 1. The van der Waals surface area contributed by atoms with Gasteiger partial charge in [-0.1, -0.05) is 134 Å². The molecule has 4 heteroatoms. The largest absolute Gasteiger partial charge is 0.262 e. The van der Waals surface area contributed by atoms with Crippen LogP contribution in [0.1, 0.15) is 148 Å². The molecule has 0 fully saturated rings. The first-order valence-electron chi connectivity index (χ1n) is 14.0. The molecule has 0 aromatic carbocycles. The van der Waals surface area contributed by atoms with Crippen LogP contribution in [0.4, 0.5) is 0 Å². The van der Waals surface area contributed by atoms with Crippen LogP contribution in [0.15, 0.2) is 17.8 Å². The molecular formula is C28H53N3S. The summed E-state index contributed by atoms with van der Waals surface area (Å²) in [7, 11) is 0. The van der Waals surface area contributed by atoms with Crippen molar-refractivity contribution in [3.05, 3.63) is 18.5 Å². The van der Waals surface area contributed by atoms with Crippen LogP contribution in [0.5, 0.6) is 0 Å². The lowest BCUT2D eigenvalue weighted by molar-refractivity contribution is 0.538. The second-order valence-electron chi connectivity index (χ2n) is 9.46. The van der Waals surface area contributed by atoms with Gasteiger partial charge in [0.2, 0.25) is 5.16 Å². The Kier molecular flexibility index (Phi) is 21.4. The van der Waals surface area contributed by atoms with Crippen molar-refractivity contribution in [1.29, 1.82) is 0 Å². The summed E-state index contributed by atoms with van der Waals surface area (Å²) in [6.07, 6.45) is 31.9. The van der Waals surface area contributed by atoms with E-state index in [9.17, 15) is 0 Å². The van der Waals surface area contributed by atoms with Gasteiger partial charge in [0, 0.05) is 12.2 Å². The SMILES string of the molecule is C=CCCCCCCCCc1nc(SCCCCCCCCCCCCCCCC)n[nH]1. The molecule has 0 bridgehead atoms. The van der Waals surface area contributed by atoms with E-state index < -0.39 is 0 Å². The van der Waals surface area contributed by atoms with E-state index in [-0.39, 0.29) is 0 Å². The Morgan fingerprint density at radius 2 is 1.19 bits per heavy atom. The van der Waals surface area contributed by atoms with E-state index >= 15 is 0 Å². The van der Waals surface area contributed by atoms with E-state index in [1.54, 1.807) is 0 Å². The molecule has 0 unspecified atom stereocenters. The van der Waals surface area contributed by atoms with Gasteiger partial charge in [-0.3, -0.25) is 5.10 Å². The van der Waals surface area contributed by atoms with Gasteiger partial charge in [0.05, 0.1) is 0 Å². The van der Waals surface area contributed by atoms with Crippen molar-refractivity contribution in [1.82, 2.24) is 15.2 Å². The number of aromatic amines is 1. The van der Waals surface area contributed by atoms with E-state index in [1.807, 2.05) is 17.8 Å². The summed E-state index contributed by atoms with van der Waals surface area (Å²) in [4.78, 5) is 4.66. The van der Waals surface area contributed by atoms with Crippen molar-refractivity contribution >= 4 is 11.8 Å². The number of rotatable bonds is 25. The molecule has 0 aliphatic rings. The molecule has 186 valence electrons. The highest BCUT2D eigenvalue weighted by Gasteiger charge is 2.04. The van der Waals surface area contributed by atoms with E-state index in [0.29, 0.717) is 0 Å². The molecule has 0 saturated heterocycles. The third-order valence-electron chi connectivity index (χ3n) is 6.31. The lowest BCUT2D eigenvalue weighted by atomic mass is 10.0. The van der Waals surface area contributed by atoms with Crippen molar-refractivity contribution in [2.75, 3.05) is 5.75 Å². The first-order chi connectivity index (χ1) is 15.9. The summed E-state index contributed by atoms with van der Waals surface area (Å²) < 4.78 is 0. The molecule has 1 aromatic rings. The smallest absolute Gasteiger partial charge is 0.208 e. The van der Waals surface area contributed by atoms with Crippen LogP contribution in [-0.2, 0) is 6.42 Å². The Bertz CT molecular complexity index is 515. The molecule has 3 nitrogen and oxygen atoms in total. The molecular weight excluding hydrogens is 410 g/mol. The Hall–Kier alpha value is -0.770. The van der Waals surface area contributed by atoms with Gasteiger partial charge in [0.1, 0.15) is 5.82 Å². The monoisotopic (exact) mass is 463 g/mol. The van der Waals surface area contributed by atoms with Crippen LogP contribution >= 0.6 is 11.8 Å². The molecule has 0 amide bonds. The van der Waals surface area contributed by atoms with Crippen LogP contribution < -0.4 is 0 Å². The zero-order chi connectivity index (χ0) is 23.0. The zero-order valence-corrected chi connectivity index (χ0v) is 22.2. The average molecular weight is 464 g/mol. The van der Waals surface area contributed by atoms with Crippen LogP contribution in [0.2, 0.25) is 0 Å². The molecule has 0 aliphatic carbocycles. The number of hydrogen-bond acceptors (Lipinski definition) is 3. The maximum Gasteiger partial charge on any atom is 0.208 e. The Balaban J connectivity index is 1.83. The van der Waals surface area contributed by atoms with Gasteiger partial charge in [0.15, 0.2) is 0 Å². The summed E-state index contributed by atoms with van der Waals surface area (Å²) in [6.45, 7) is 6.08. The quantitative estimate of drug-likeness (QED) is 0.0890. The van der Waals surface area contributed by atoms with E-state index in [2.05, 4.69) is 28.7 Å². The number of hydrogen-bond donors (Lipinski definition) is 1. The highest BCUT2D eigenvalue weighted by Crippen LogP contribution is 2.18. The minimum Gasteiger partial charge on any atom is -0.262 e. The number of aryl methyl sites for hydroxylation is 1. The van der Waals surface area contributed by atoms with Crippen LogP contribution in [0, 0.1) is 0 Å². The molecule has 0 spiro atoms. The van der Waals surface area contributed by atoms with Gasteiger partial charge in [-0.15, -0.1) is 11.7 Å². The summed E-state index contributed by atoms with van der Waals surface area (Å²) in [5.74, 6) is 2.22. The Morgan fingerprint density at radius 3 is 1.75 bits per heavy atom. The zero-order valence-electron chi connectivity index (χ0n) is 21.4. The summed E-state index contributed by atoms with van der Waals surface area (Å²) in [5.41, 5.74) is 0. The molecule has 0 saturated carbocycles. The highest BCUT2D eigenvalue weighted by molar-refractivity contribution is 7.99. The minimum atomic E-state index is 0.944. The molecule has 1 N–H and O–H groups in total. The van der Waals surface area contributed by atoms with Crippen LogP contribution in [0.25, 0.3) is 0 Å². The van der Waals surface area contributed by atoms with Gasteiger partial charge >= 0.3 is 0 Å². The summed E-state index contributed by atoms with van der Waals surface area (Å²) in [5, 5.41) is 8.46. The fourth-order valence-electron chi connectivity index (χ4n) is 4.20. The van der Waals surface area contributed by atoms with Gasteiger partial charge in [0.25, 0.3) is 0 Å². The van der Waals surface area contributed by atoms with Crippen LogP contribution in [-0.4, -0.2) is 20.9 Å². The average Bonchev–Trinajstić information content (AvgIpc) is 3.26. The van der Waals surface area contributed by atoms with Crippen molar-refractivity contribution in [2.45, 2.75) is 153 Å². The van der Waals surface area contributed by atoms with E-state index in [4.69, 9.17) is 0 Å². The van der Waals surface area contributed by atoms with E-state index in [0.717, 1.165) is 29.6 Å². The van der Waals surface area contributed by atoms with Crippen molar-refractivity contribution in [2.24, 2.45) is 0 Å². The molecule has 1 rings (SSSR count). The second kappa shape index (κ2) is 23.4. The number of H-pyrrole nitrogens is 1. The number of aromatic nitrogens is 3. The highest BCUT2D eigenvalue weighted by atomic mass is 32.2. The summed E-state index contributed by atoms with van der Waals surface area (Å²) >= 11 is 1.82. The topological polar surface area (TPSA) is 41.6 Å². The van der Waals surface area contributed by atoms with Crippen molar-refractivity contribution < 1.29 is 0 Å². The second-order valence-corrected chi connectivity index (χ2v) is 10.5. The first-order valence-corrected chi connectivity index (χ1v) is 15.0. The standard InChI is InChI=1S/C28H53N3S/c1-3-5-7-9-11-13-14-15-16-17-18-20-22-24-26-32-28-29-27(30-31-28)25-23-21-19-12-10-8-6-4-2/h4H,2-3,5-26H2,1H3,(H,29,30,31). The fourth-order valence-corrected chi connectivity index (χ4v) is 5.02. The van der Waals surface area contributed by atoms with Gasteiger partial charge in [-0.25, -0.2) is 4.98 Å². The van der Waals surface area contributed by atoms with Gasteiger partial charge in [-0.05, 0) is 25.7 Å². The van der Waals surface area contributed by atoms with E-state index in [1.165, 1.54) is 128 Å². The predicted octanol–water partition coefficient (Wildman–Crippen LogP) is 9.84. The molecule has 0 aliphatic heterocycles. The Labute approximate surface area is 204 Å². The molecule has 1 aromatic heterocycles. The molecule has 0 atom stereocenters. The lowest BCUT2D eigenvalue weighted by Gasteiger charge is -2.03. The molecule has 32 heavy (non-hydrogen) atoms. The van der Waals surface area contributed by atoms with Gasteiger partial charge in [-0.2, -0.15) is 0 Å². The number of nitrogens with zero attached hydrogens (tertiary/aromatic N) is 2. The number of allylic oxidation sites excluding steroid dienone is 1. The Morgan fingerprint density at radius 1 is 0.688 bits per heavy atom. The molecule has 0 radical (unpaired) electrons. The third kappa shape index (κ3) is 18.8. The first kappa shape index (κ1) is 29.3. The predicted molar refractivity (Wildman–Crippen MR) is 144 cm³/mol. The lowest BCUT2D eigenvalue weighted by Crippen LogP contribution is -1.89. The number of unbranched alkanes of at least 4 members (excludes halogenated alkanes) is 19. The number of nitrogens with one attached hydrogen (secondary N) is 1. The van der Waals surface area contributed by atoms with Crippen LogP contribution in [0.3, 0.4) is 0 Å². The van der Waals surface area contributed by atoms with Crippen molar-refractivity contribution in [3.63, 3.8) is 0 Å². The maximum absolute atomic E-state index is 4.66. The summed E-state index contributed by atoms with van der Waals surface area (Å²) in [6, 6.07) is 0. The van der Waals surface area contributed by atoms with Crippen molar-refractivity contribution in [3.8, 4) is 0 Å². The minimum absolute atomic E-state index is 0.944. The fraction of sp³-hybridized carbons (Fsp3) is 0.857. The molecule has 1 heterocycles. The normalized spacial score (nSPS) is 11.3. The van der Waals surface area contributed by atoms with Gasteiger partial charge < -0.3 is 0 Å². The third-order valence-corrected chi connectivity index (χ3v) is 7.25. The maximum atomic E-state index is 4.66.